The van der Waals surface area contributed by atoms with Gasteiger partial charge in [0.2, 0.25) is 5.78 Å². The second-order valence-electron chi connectivity index (χ2n) is 7.97. The molecule has 1 unspecified atom stereocenters. The van der Waals surface area contributed by atoms with Gasteiger partial charge in [0, 0.05) is 33.8 Å². The van der Waals surface area contributed by atoms with E-state index in [-0.39, 0.29) is 29.5 Å². The molecule has 0 radical (unpaired) electrons. The van der Waals surface area contributed by atoms with E-state index in [1.807, 2.05) is 30.3 Å². The molecule has 3 aromatic carbocycles. The molecule has 0 saturated carbocycles. The molecule has 176 valence electrons. The van der Waals surface area contributed by atoms with Crippen molar-refractivity contribution >= 4 is 38.5 Å². The highest BCUT2D eigenvalue weighted by molar-refractivity contribution is 7.90. The number of aromatic nitrogens is 1. The molecule has 8 nitrogen and oxygen atoms in total. The molecular formula is C26H21N3O5S. The number of para-hydroxylation sites is 1. The van der Waals surface area contributed by atoms with Crippen LogP contribution in [0.2, 0.25) is 0 Å². The summed E-state index contributed by atoms with van der Waals surface area (Å²) in [5.74, 6) is -0.779. The normalized spacial score (nSPS) is 15.9. The topological polar surface area (TPSA) is 118 Å². The average molecular weight is 488 g/mol. The first-order valence-electron chi connectivity index (χ1n) is 11.0. The smallest absolute Gasteiger partial charge is 0.308 e. The summed E-state index contributed by atoms with van der Waals surface area (Å²) in [6.45, 7) is -0.00614. The summed E-state index contributed by atoms with van der Waals surface area (Å²) in [5, 5.41) is 0.744. The van der Waals surface area contributed by atoms with Gasteiger partial charge < -0.3 is 9.72 Å². The molecule has 0 saturated heterocycles. The molecule has 4 aromatic rings. The van der Waals surface area contributed by atoms with Gasteiger partial charge >= 0.3 is 5.97 Å². The maximum absolute atomic E-state index is 13.4. The number of hydrogen-bond acceptors (Lipinski definition) is 6. The van der Waals surface area contributed by atoms with Crippen molar-refractivity contribution in [3.63, 3.8) is 0 Å². The SMILES string of the molecule is O=C(CCN=C1NS(=O)(=O)c2ccccc21)OC(C(=O)c1c[nH]c2ccccc12)c1ccccc1. The third-order valence-electron chi connectivity index (χ3n) is 5.69. The Balaban J connectivity index is 1.34. The van der Waals surface area contributed by atoms with Crippen LogP contribution >= 0.6 is 0 Å². The Morgan fingerprint density at radius 2 is 1.63 bits per heavy atom. The van der Waals surface area contributed by atoms with E-state index in [0.29, 0.717) is 16.7 Å². The van der Waals surface area contributed by atoms with Crippen molar-refractivity contribution in [2.75, 3.05) is 6.54 Å². The lowest BCUT2D eigenvalue weighted by molar-refractivity contribution is -0.147. The standard InChI is InChI=1S/C26H21N3O5S/c30-23(14-15-27-26-19-11-5-7-13-22(19)35(32,33)29-26)34-25(17-8-2-1-3-9-17)24(31)20-16-28-21-12-6-4-10-18(20)21/h1-13,16,25,28H,14-15H2,(H,27,29). The summed E-state index contributed by atoms with van der Waals surface area (Å²) in [6, 6.07) is 22.7. The van der Waals surface area contributed by atoms with Crippen LogP contribution in [-0.2, 0) is 19.6 Å². The number of ketones is 1. The van der Waals surface area contributed by atoms with Gasteiger partial charge in [0.05, 0.1) is 17.9 Å². The number of nitrogens with one attached hydrogen (secondary N) is 2. The Labute approximate surface area is 201 Å². The number of rotatable bonds is 7. The van der Waals surface area contributed by atoms with Gasteiger partial charge in [-0.3, -0.25) is 19.3 Å². The first-order chi connectivity index (χ1) is 16.9. The van der Waals surface area contributed by atoms with Gasteiger partial charge in [0.25, 0.3) is 10.0 Å². The number of carbonyl (C=O) groups excluding carboxylic acids is 2. The van der Waals surface area contributed by atoms with E-state index in [1.54, 1.807) is 48.7 Å². The molecular weight excluding hydrogens is 466 g/mol. The number of aliphatic imine (C=N–C) groups is 1. The van der Waals surface area contributed by atoms with Crippen molar-refractivity contribution in [1.82, 2.24) is 9.71 Å². The number of hydrogen-bond donors (Lipinski definition) is 2. The number of fused-ring (bicyclic) bond motifs is 2. The quantitative estimate of drug-likeness (QED) is 0.304. The number of nitrogens with zero attached hydrogens (tertiary/aromatic N) is 1. The zero-order valence-electron chi connectivity index (χ0n) is 18.5. The fourth-order valence-electron chi connectivity index (χ4n) is 4.02. The highest BCUT2D eigenvalue weighted by Crippen LogP contribution is 2.28. The molecule has 1 aromatic heterocycles. The number of H-pyrrole nitrogens is 1. The van der Waals surface area contributed by atoms with E-state index in [9.17, 15) is 18.0 Å². The Morgan fingerprint density at radius 3 is 2.46 bits per heavy atom. The summed E-state index contributed by atoms with van der Waals surface area (Å²) >= 11 is 0. The number of ether oxygens (including phenoxy) is 1. The van der Waals surface area contributed by atoms with Crippen LogP contribution in [0.5, 0.6) is 0 Å². The van der Waals surface area contributed by atoms with Crippen molar-refractivity contribution in [3.8, 4) is 0 Å². The number of Topliss-reactive ketones (excluding diaryl/α,β-unsaturated/α-hetero) is 1. The van der Waals surface area contributed by atoms with Gasteiger partial charge in [0.1, 0.15) is 5.84 Å². The van der Waals surface area contributed by atoms with Gasteiger partial charge in [-0.15, -0.1) is 0 Å². The molecule has 1 atom stereocenters. The maximum Gasteiger partial charge on any atom is 0.308 e. The summed E-state index contributed by atoms with van der Waals surface area (Å²) in [6.07, 6.45) is 0.367. The average Bonchev–Trinajstić information content (AvgIpc) is 3.41. The van der Waals surface area contributed by atoms with E-state index in [0.717, 1.165) is 10.9 Å². The Kier molecular flexibility index (Phi) is 5.92. The van der Waals surface area contributed by atoms with Crippen LogP contribution in [0.15, 0.2) is 94.9 Å². The number of amidine groups is 1. The monoisotopic (exact) mass is 487 g/mol. The van der Waals surface area contributed by atoms with Crippen LogP contribution in [0.4, 0.5) is 0 Å². The zero-order valence-corrected chi connectivity index (χ0v) is 19.3. The number of carbonyl (C=O) groups is 2. The van der Waals surface area contributed by atoms with Crippen LogP contribution < -0.4 is 4.72 Å². The lowest BCUT2D eigenvalue weighted by atomic mass is 9.99. The van der Waals surface area contributed by atoms with Crippen molar-refractivity contribution in [1.29, 1.82) is 0 Å². The molecule has 0 aliphatic carbocycles. The lowest BCUT2D eigenvalue weighted by Crippen LogP contribution is -2.23. The van der Waals surface area contributed by atoms with E-state index in [1.165, 1.54) is 6.07 Å². The van der Waals surface area contributed by atoms with E-state index in [2.05, 4.69) is 14.7 Å². The fraction of sp³-hybridized carbons (Fsp3) is 0.115. The van der Waals surface area contributed by atoms with E-state index in [4.69, 9.17) is 4.74 Å². The first kappa shape index (κ1) is 22.5. The second kappa shape index (κ2) is 9.19. The summed E-state index contributed by atoms with van der Waals surface area (Å²) in [5.41, 5.74) is 2.25. The Hall–Kier alpha value is -4.24. The van der Waals surface area contributed by atoms with Gasteiger partial charge in [-0.05, 0) is 18.2 Å². The molecule has 0 fully saturated rings. The second-order valence-corrected chi connectivity index (χ2v) is 9.63. The highest BCUT2D eigenvalue weighted by Gasteiger charge is 2.31. The molecule has 1 aliphatic heterocycles. The van der Waals surface area contributed by atoms with E-state index >= 15 is 0 Å². The fourth-order valence-corrected chi connectivity index (χ4v) is 5.27. The molecule has 0 spiro atoms. The number of aromatic amines is 1. The van der Waals surface area contributed by atoms with Gasteiger partial charge in [-0.1, -0.05) is 60.7 Å². The van der Waals surface area contributed by atoms with Crippen LogP contribution in [-0.4, -0.2) is 37.5 Å². The van der Waals surface area contributed by atoms with Crippen molar-refractivity contribution in [3.05, 3.63) is 102 Å². The summed E-state index contributed by atoms with van der Waals surface area (Å²) < 4.78 is 32.5. The number of sulfonamides is 1. The number of benzene rings is 3. The predicted octanol–water partition coefficient (Wildman–Crippen LogP) is 3.76. The lowest BCUT2D eigenvalue weighted by Gasteiger charge is -2.17. The largest absolute Gasteiger partial charge is 0.449 e. The summed E-state index contributed by atoms with van der Waals surface area (Å²) in [7, 11) is -3.66. The zero-order chi connectivity index (χ0) is 24.4. The van der Waals surface area contributed by atoms with Crippen molar-refractivity contribution in [2.45, 2.75) is 17.4 Å². The highest BCUT2D eigenvalue weighted by atomic mass is 32.2. The minimum absolute atomic E-state index is 0.00614. The van der Waals surface area contributed by atoms with Crippen LogP contribution in [0.1, 0.15) is 34.0 Å². The Bertz CT molecular complexity index is 1560. The molecule has 2 N–H and O–H groups in total. The first-order valence-corrected chi connectivity index (χ1v) is 12.4. The van der Waals surface area contributed by atoms with Gasteiger partial charge in [0.15, 0.2) is 6.10 Å². The number of esters is 1. The van der Waals surface area contributed by atoms with Crippen molar-refractivity contribution in [2.24, 2.45) is 4.99 Å². The molecule has 0 bridgehead atoms. The van der Waals surface area contributed by atoms with Gasteiger partial charge in [-0.25, -0.2) is 8.42 Å². The molecule has 1 aliphatic rings. The summed E-state index contributed by atoms with van der Waals surface area (Å²) in [4.78, 5) is 33.6. The minimum atomic E-state index is -3.66. The van der Waals surface area contributed by atoms with Crippen LogP contribution in [0.25, 0.3) is 10.9 Å². The molecule has 5 rings (SSSR count). The van der Waals surface area contributed by atoms with Gasteiger partial charge in [-0.2, -0.15) is 0 Å². The molecule has 9 heteroatoms. The third kappa shape index (κ3) is 4.45. The molecule has 2 heterocycles. The third-order valence-corrected chi connectivity index (χ3v) is 7.09. The van der Waals surface area contributed by atoms with Crippen molar-refractivity contribution < 1.29 is 22.7 Å². The van der Waals surface area contributed by atoms with Crippen LogP contribution in [0, 0.1) is 0 Å². The minimum Gasteiger partial charge on any atom is -0.449 e. The molecule has 0 amide bonds. The van der Waals surface area contributed by atoms with Crippen LogP contribution in [0.3, 0.4) is 0 Å². The predicted molar refractivity (Wildman–Crippen MR) is 131 cm³/mol. The van der Waals surface area contributed by atoms with E-state index < -0.39 is 22.1 Å². The molecule has 35 heavy (non-hydrogen) atoms. The Morgan fingerprint density at radius 1 is 0.914 bits per heavy atom. The maximum atomic E-state index is 13.4.